The lowest BCUT2D eigenvalue weighted by atomic mass is 9.99. The van der Waals surface area contributed by atoms with Crippen molar-refractivity contribution in [1.29, 1.82) is 0 Å². The van der Waals surface area contributed by atoms with Crippen LogP contribution in [0.2, 0.25) is 36.3 Å². The summed E-state index contributed by atoms with van der Waals surface area (Å²) in [5, 5.41) is 21.4. The molecule has 1 aliphatic rings. The van der Waals surface area contributed by atoms with Gasteiger partial charge in [-0.25, -0.2) is 0 Å². The van der Waals surface area contributed by atoms with Crippen LogP contribution >= 0.6 is 0 Å². The molecule has 0 unspecified atom stereocenters. The summed E-state index contributed by atoms with van der Waals surface area (Å²) in [6.07, 6.45) is -2.89. The zero-order valence-corrected chi connectivity index (χ0v) is 23.1. The summed E-state index contributed by atoms with van der Waals surface area (Å²) in [7, 11) is -4.37. The zero-order valence-electron chi connectivity index (χ0n) is 21.1. The summed E-state index contributed by atoms with van der Waals surface area (Å²) in [5.74, 6) is 0. The van der Waals surface area contributed by atoms with Crippen molar-refractivity contribution in [3.05, 3.63) is 35.9 Å². The Bertz CT molecular complexity index is 709. The molecule has 5 nitrogen and oxygen atoms in total. The Morgan fingerprint density at radius 2 is 1.32 bits per heavy atom. The highest BCUT2D eigenvalue weighted by atomic mass is 28.4. The van der Waals surface area contributed by atoms with Crippen molar-refractivity contribution in [2.75, 3.05) is 6.61 Å². The van der Waals surface area contributed by atoms with Gasteiger partial charge in [0, 0.05) is 0 Å². The Hall–Kier alpha value is -0.546. The number of benzene rings is 1. The number of hydrogen-bond acceptors (Lipinski definition) is 5. The van der Waals surface area contributed by atoms with E-state index in [0.29, 0.717) is 0 Å². The Morgan fingerprint density at radius 3 is 1.74 bits per heavy atom. The number of hydrogen-bond donors (Lipinski definition) is 2. The van der Waals surface area contributed by atoms with Gasteiger partial charge < -0.3 is 23.8 Å². The molecule has 1 saturated heterocycles. The molecule has 31 heavy (non-hydrogen) atoms. The van der Waals surface area contributed by atoms with Crippen LogP contribution in [0.3, 0.4) is 0 Å². The number of ether oxygens (including phenoxy) is 1. The molecular weight excluding hydrogens is 424 g/mol. The van der Waals surface area contributed by atoms with E-state index in [4.69, 9.17) is 13.6 Å². The molecule has 0 aromatic heterocycles. The van der Waals surface area contributed by atoms with E-state index in [1.807, 2.05) is 30.3 Å². The van der Waals surface area contributed by atoms with Gasteiger partial charge in [-0.2, -0.15) is 0 Å². The Morgan fingerprint density at radius 1 is 0.871 bits per heavy atom. The Labute approximate surface area is 191 Å². The van der Waals surface area contributed by atoms with Crippen LogP contribution in [0.15, 0.2) is 30.3 Å². The molecule has 2 rings (SSSR count). The van der Waals surface area contributed by atoms with E-state index in [9.17, 15) is 10.2 Å². The third kappa shape index (κ3) is 5.88. The third-order valence-corrected chi connectivity index (χ3v) is 16.4. The fourth-order valence-corrected chi connectivity index (χ4v) is 5.93. The highest BCUT2D eigenvalue weighted by Crippen LogP contribution is 2.45. The van der Waals surface area contributed by atoms with Crippen LogP contribution in [-0.4, -0.2) is 57.9 Å². The minimum absolute atomic E-state index is 0.00463. The van der Waals surface area contributed by atoms with Crippen molar-refractivity contribution in [3.63, 3.8) is 0 Å². The SMILES string of the molecule is CC(C)(C)[Si](C)(C)O[C@H]1[C@H]([C@@H](O)c2ccccc2)O[C@H](CO)[C@H]1O[Si](C)(C)C(C)(C)C. The molecule has 7 heteroatoms. The second-order valence-corrected chi connectivity index (χ2v) is 21.4. The lowest BCUT2D eigenvalue weighted by Gasteiger charge is -2.44. The summed E-state index contributed by atoms with van der Waals surface area (Å²) in [4.78, 5) is 0. The van der Waals surface area contributed by atoms with Crippen molar-refractivity contribution < 1.29 is 23.8 Å². The molecule has 1 heterocycles. The summed E-state index contributed by atoms with van der Waals surface area (Å²) in [6, 6.07) is 9.53. The topological polar surface area (TPSA) is 68.2 Å². The van der Waals surface area contributed by atoms with Crippen molar-refractivity contribution in [1.82, 2.24) is 0 Å². The molecule has 5 atom stereocenters. The third-order valence-electron chi connectivity index (χ3n) is 7.45. The van der Waals surface area contributed by atoms with Crippen LogP contribution in [0.5, 0.6) is 0 Å². The van der Waals surface area contributed by atoms with Crippen LogP contribution < -0.4 is 0 Å². The summed E-state index contributed by atoms with van der Waals surface area (Å²) < 4.78 is 19.9. The number of aliphatic hydroxyl groups is 2. The lowest BCUT2D eigenvalue weighted by Crippen LogP contribution is -2.54. The Kier molecular flexibility index (Phi) is 8.07. The van der Waals surface area contributed by atoms with Gasteiger partial charge in [-0.15, -0.1) is 0 Å². The fourth-order valence-electron chi connectivity index (χ4n) is 3.31. The predicted molar refractivity (Wildman–Crippen MR) is 131 cm³/mol. The van der Waals surface area contributed by atoms with E-state index in [-0.39, 0.29) is 16.7 Å². The number of aliphatic hydroxyl groups excluding tert-OH is 2. The van der Waals surface area contributed by atoms with Crippen LogP contribution in [-0.2, 0) is 13.6 Å². The van der Waals surface area contributed by atoms with Gasteiger partial charge in [-0.05, 0) is 41.8 Å². The van der Waals surface area contributed by atoms with Gasteiger partial charge in [0.05, 0.1) is 6.61 Å². The summed E-state index contributed by atoms with van der Waals surface area (Å²) in [5.41, 5.74) is 0.779. The first-order chi connectivity index (χ1) is 14.0. The number of rotatable bonds is 7. The monoisotopic (exact) mass is 468 g/mol. The smallest absolute Gasteiger partial charge is 0.192 e. The van der Waals surface area contributed by atoms with Crippen LogP contribution in [0.1, 0.15) is 53.2 Å². The molecule has 2 N–H and O–H groups in total. The second kappa shape index (κ2) is 9.37. The van der Waals surface area contributed by atoms with Crippen LogP contribution in [0, 0.1) is 0 Å². The average Bonchev–Trinajstić information content (AvgIpc) is 2.96. The summed E-state index contributed by atoms with van der Waals surface area (Å²) in [6.45, 7) is 21.8. The minimum atomic E-state index is -2.20. The van der Waals surface area contributed by atoms with Crippen molar-refractivity contribution in [2.45, 2.75) is 108 Å². The van der Waals surface area contributed by atoms with Gasteiger partial charge in [0.2, 0.25) is 0 Å². The standard InChI is InChI=1S/C24H44O5Si2/c1-23(2,3)30(7,8)28-20-18(16-25)27-21(19(26)17-14-12-11-13-15-17)22(20)29-31(9,10)24(4,5)6/h11-15,18-22,25-26H,16H2,1-10H3/t18-,19+,20-,21+,22-/m1/s1. The maximum absolute atomic E-state index is 11.3. The molecule has 0 spiro atoms. The predicted octanol–water partition coefficient (Wildman–Crippen LogP) is 5.26. The highest BCUT2D eigenvalue weighted by molar-refractivity contribution is 6.74. The van der Waals surface area contributed by atoms with Gasteiger partial charge in [0.25, 0.3) is 0 Å². The van der Waals surface area contributed by atoms with Gasteiger partial charge in [-0.3, -0.25) is 0 Å². The zero-order chi connectivity index (χ0) is 23.8. The maximum atomic E-state index is 11.3. The summed E-state index contributed by atoms with van der Waals surface area (Å²) >= 11 is 0. The van der Waals surface area contributed by atoms with Crippen LogP contribution in [0.25, 0.3) is 0 Å². The highest BCUT2D eigenvalue weighted by Gasteiger charge is 2.55. The van der Waals surface area contributed by atoms with E-state index in [2.05, 4.69) is 67.7 Å². The van der Waals surface area contributed by atoms with E-state index < -0.39 is 47.2 Å². The van der Waals surface area contributed by atoms with E-state index in [0.717, 1.165) is 5.56 Å². The van der Waals surface area contributed by atoms with Crippen LogP contribution in [0.4, 0.5) is 0 Å². The molecule has 0 aliphatic carbocycles. The molecular formula is C24H44O5Si2. The first kappa shape index (κ1) is 26.7. The first-order valence-corrected chi connectivity index (χ1v) is 17.2. The van der Waals surface area contributed by atoms with Gasteiger partial charge in [-0.1, -0.05) is 71.9 Å². The molecule has 0 bridgehead atoms. The molecule has 1 aromatic rings. The van der Waals surface area contributed by atoms with E-state index in [1.54, 1.807) is 0 Å². The molecule has 1 aromatic carbocycles. The molecule has 1 fully saturated rings. The van der Waals surface area contributed by atoms with Gasteiger partial charge >= 0.3 is 0 Å². The average molecular weight is 469 g/mol. The van der Waals surface area contributed by atoms with E-state index >= 15 is 0 Å². The molecule has 0 radical (unpaired) electrons. The van der Waals surface area contributed by atoms with Crippen molar-refractivity contribution in [2.24, 2.45) is 0 Å². The molecule has 0 amide bonds. The lowest BCUT2D eigenvalue weighted by molar-refractivity contribution is -0.0740. The molecule has 1 aliphatic heterocycles. The first-order valence-electron chi connectivity index (χ1n) is 11.4. The van der Waals surface area contributed by atoms with Crippen molar-refractivity contribution >= 4 is 16.6 Å². The minimum Gasteiger partial charge on any atom is -0.408 e. The largest absolute Gasteiger partial charge is 0.408 e. The van der Waals surface area contributed by atoms with Gasteiger partial charge in [0.1, 0.15) is 30.5 Å². The Balaban J connectivity index is 2.47. The maximum Gasteiger partial charge on any atom is 0.192 e. The van der Waals surface area contributed by atoms with E-state index in [1.165, 1.54) is 0 Å². The second-order valence-electron chi connectivity index (χ2n) is 11.9. The fraction of sp³-hybridized carbons (Fsp3) is 0.750. The molecule has 0 saturated carbocycles. The van der Waals surface area contributed by atoms with Gasteiger partial charge in [0.15, 0.2) is 16.6 Å². The van der Waals surface area contributed by atoms with Crippen molar-refractivity contribution in [3.8, 4) is 0 Å². The molecule has 178 valence electrons. The normalized spacial score (nSPS) is 26.8. The quantitative estimate of drug-likeness (QED) is 0.534.